The van der Waals surface area contributed by atoms with Crippen molar-refractivity contribution in [3.63, 3.8) is 0 Å². The third-order valence-corrected chi connectivity index (χ3v) is 5.73. The number of carbonyl (C=O) groups is 1. The minimum atomic E-state index is -1.00. The molecule has 1 aliphatic heterocycles. The molecular formula is C22H22F2N6O. The van der Waals surface area contributed by atoms with Crippen LogP contribution in [0, 0.1) is 5.82 Å². The Labute approximate surface area is 177 Å². The van der Waals surface area contributed by atoms with Gasteiger partial charge in [-0.2, -0.15) is 4.98 Å². The van der Waals surface area contributed by atoms with E-state index in [4.69, 9.17) is 0 Å². The maximum atomic E-state index is 14.6. The van der Waals surface area contributed by atoms with Crippen molar-refractivity contribution in [2.24, 2.45) is 0 Å². The Morgan fingerprint density at radius 3 is 2.94 bits per heavy atom. The zero-order valence-electron chi connectivity index (χ0n) is 16.9. The van der Waals surface area contributed by atoms with Gasteiger partial charge in [-0.3, -0.25) is 0 Å². The molecule has 1 fully saturated rings. The van der Waals surface area contributed by atoms with E-state index < -0.39 is 18.0 Å². The lowest BCUT2D eigenvalue weighted by molar-refractivity contribution is 0.218. The third-order valence-electron chi connectivity index (χ3n) is 5.73. The molecule has 5 rings (SSSR count). The van der Waals surface area contributed by atoms with Crippen LogP contribution >= 0.6 is 0 Å². The van der Waals surface area contributed by atoms with Gasteiger partial charge in [-0.25, -0.2) is 23.1 Å². The van der Waals surface area contributed by atoms with E-state index in [1.54, 1.807) is 10.7 Å². The summed E-state index contributed by atoms with van der Waals surface area (Å²) in [6.45, 7) is 0.428. The molecule has 1 atom stereocenters. The fraction of sp³-hybridized carbons (Fsp3) is 0.364. The molecule has 0 spiro atoms. The number of rotatable bonds is 3. The van der Waals surface area contributed by atoms with E-state index in [2.05, 4.69) is 26.5 Å². The van der Waals surface area contributed by atoms with Gasteiger partial charge >= 0.3 is 6.03 Å². The molecular weight excluding hydrogens is 402 g/mol. The number of anilines is 1. The van der Waals surface area contributed by atoms with Crippen LogP contribution in [0.4, 0.5) is 19.3 Å². The fourth-order valence-corrected chi connectivity index (χ4v) is 4.04. The van der Waals surface area contributed by atoms with E-state index in [0.29, 0.717) is 24.4 Å². The molecule has 0 saturated carbocycles. The number of hydrogen-bond acceptors (Lipinski definition) is 4. The van der Waals surface area contributed by atoms with Crippen molar-refractivity contribution in [1.29, 1.82) is 0 Å². The number of likely N-dealkylation sites (tertiary alicyclic amines) is 1. The Kier molecular flexibility index (Phi) is 5.09. The van der Waals surface area contributed by atoms with Crippen molar-refractivity contribution >= 4 is 23.1 Å². The molecule has 1 saturated heterocycles. The minimum Gasteiger partial charge on any atom is -0.322 e. The van der Waals surface area contributed by atoms with E-state index in [9.17, 15) is 13.6 Å². The molecule has 0 bridgehead atoms. The minimum absolute atomic E-state index is 0.0678. The average molecular weight is 424 g/mol. The van der Waals surface area contributed by atoms with Gasteiger partial charge in [0.1, 0.15) is 12.0 Å². The summed E-state index contributed by atoms with van der Waals surface area (Å²) in [5, 5.41) is 7.11. The first kappa shape index (κ1) is 19.6. The monoisotopic (exact) mass is 424 g/mol. The summed E-state index contributed by atoms with van der Waals surface area (Å²) in [4.78, 5) is 22.5. The maximum Gasteiger partial charge on any atom is 0.321 e. The van der Waals surface area contributed by atoms with Gasteiger partial charge in [0.05, 0.1) is 12.1 Å². The van der Waals surface area contributed by atoms with Crippen molar-refractivity contribution < 1.29 is 13.6 Å². The van der Waals surface area contributed by atoms with Crippen LogP contribution in [0.15, 0.2) is 36.7 Å². The molecule has 2 amide bonds. The molecule has 2 aliphatic rings. The molecule has 0 radical (unpaired) electrons. The number of nitrogens with zero attached hydrogens (tertiary/aromatic N) is 5. The van der Waals surface area contributed by atoms with Gasteiger partial charge in [-0.1, -0.05) is 6.08 Å². The van der Waals surface area contributed by atoms with E-state index >= 15 is 0 Å². The van der Waals surface area contributed by atoms with Crippen molar-refractivity contribution in [3.8, 4) is 11.4 Å². The van der Waals surface area contributed by atoms with Gasteiger partial charge in [-0.15, -0.1) is 5.10 Å². The number of fused-ring (bicyclic) bond motifs is 1. The van der Waals surface area contributed by atoms with Gasteiger partial charge in [0.2, 0.25) is 0 Å². The molecule has 1 aliphatic carbocycles. The first-order valence-electron chi connectivity index (χ1n) is 10.5. The molecule has 9 heteroatoms. The molecule has 0 unspecified atom stereocenters. The highest BCUT2D eigenvalue weighted by Crippen LogP contribution is 2.28. The van der Waals surface area contributed by atoms with Gasteiger partial charge in [0, 0.05) is 30.2 Å². The zero-order valence-corrected chi connectivity index (χ0v) is 16.9. The van der Waals surface area contributed by atoms with Gasteiger partial charge < -0.3 is 10.2 Å². The van der Waals surface area contributed by atoms with Crippen molar-refractivity contribution in [2.45, 2.75) is 38.3 Å². The molecule has 31 heavy (non-hydrogen) atoms. The summed E-state index contributed by atoms with van der Waals surface area (Å²) in [7, 11) is 0. The molecule has 160 valence electrons. The number of hydrogen-bond donors (Lipinski definition) is 1. The molecule has 3 heterocycles. The summed E-state index contributed by atoms with van der Waals surface area (Å²) in [5.41, 5.74) is 2.78. The second-order valence-corrected chi connectivity index (χ2v) is 7.95. The molecule has 2 aromatic heterocycles. The predicted molar refractivity (Wildman–Crippen MR) is 113 cm³/mol. The number of allylic oxidation sites excluding steroid dienone is 2. The summed E-state index contributed by atoms with van der Waals surface area (Å²) in [5.74, 6) is 0.0463. The van der Waals surface area contributed by atoms with E-state index in [-0.39, 0.29) is 17.9 Å². The number of nitrogens with one attached hydrogen (secondary N) is 1. The quantitative estimate of drug-likeness (QED) is 0.673. The predicted octanol–water partition coefficient (Wildman–Crippen LogP) is 4.46. The van der Waals surface area contributed by atoms with Crippen LogP contribution in [0.1, 0.15) is 37.7 Å². The lowest BCUT2D eigenvalue weighted by atomic mass is 9.95. The number of aromatic nitrogens is 4. The second kappa shape index (κ2) is 8.05. The Hall–Kier alpha value is -3.36. The van der Waals surface area contributed by atoms with Crippen LogP contribution in [0.25, 0.3) is 22.7 Å². The van der Waals surface area contributed by atoms with Crippen molar-refractivity contribution in [3.05, 3.63) is 48.0 Å². The number of benzene rings is 1. The van der Waals surface area contributed by atoms with Crippen LogP contribution < -0.4 is 5.32 Å². The number of amides is 2. The molecule has 1 N–H and O–H groups in total. The fourth-order valence-electron chi connectivity index (χ4n) is 4.04. The highest BCUT2D eigenvalue weighted by Gasteiger charge is 2.26. The third kappa shape index (κ3) is 3.99. The van der Waals surface area contributed by atoms with Gasteiger partial charge in [0.15, 0.2) is 5.82 Å². The van der Waals surface area contributed by atoms with Crippen molar-refractivity contribution in [1.82, 2.24) is 24.5 Å². The van der Waals surface area contributed by atoms with Crippen LogP contribution in [-0.2, 0) is 0 Å². The number of halogens is 2. The molecule has 3 aromatic rings. The van der Waals surface area contributed by atoms with Crippen LogP contribution in [0.3, 0.4) is 0 Å². The van der Waals surface area contributed by atoms with Crippen LogP contribution in [-0.4, -0.2) is 49.8 Å². The Morgan fingerprint density at radius 1 is 1.26 bits per heavy atom. The molecule has 1 aromatic carbocycles. The van der Waals surface area contributed by atoms with Crippen LogP contribution in [0.5, 0.6) is 0 Å². The SMILES string of the molecule is O=C(Nc1ccc(F)c(-c2nc3ncc(C4=CCCCC4)cn3n2)c1)N1CC[C@@H](F)C1. The highest BCUT2D eigenvalue weighted by atomic mass is 19.1. The number of carbonyl (C=O) groups excluding carboxylic acids is 1. The number of alkyl halides is 1. The van der Waals surface area contributed by atoms with Crippen LogP contribution in [0.2, 0.25) is 0 Å². The van der Waals surface area contributed by atoms with E-state index in [1.165, 1.54) is 35.1 Å². The number of urea groups is 1. The first-order valence-corrected chi connectivity index (χ1v) is 10.5. The highest BCUT2D eigenvalue weighted by molar-refractivity contribution is 5.90. The second-order valence-electron chi connectivity index (χ2n) is 7.95. The summed E-state index contributed by atoms with van der Waals surface area (Å²) < 4.78 is 29.5. The Balaban J connectivity index is 1.42. The standard InChI is InChI=1S/C22H22F2N6O/c23-16-8-9-29(13-16)22(31)26-17-6-7-19(24)18(10-17)20-27-21-25-11-15(12-30(21)28-20)14-4-2-1-3-5-14/h4,6-7,10-12,16H,1-3,5,8-9,13H2,(H,26,31)/t16-/m1/s1. The van der Waals surface area contributed by atoms with Crippen molar-refractivity contribution in [2.75, 3.05) is 18.4 Å². The van der Waals surface area contributed by atoms with E-state index in [1.807, 2.05) is 6.20 Å². The summed E-state index contributed by atoms with van der Waals surface area (Å²) >= 11 is 0. The lowest BCUT2D eigenvalue weighted by Gasteiger charge is -2.16. The smallest absolute Gasteiger partial charge is 0.321 e. The average Bonchev–Trinajstić information content (AvgIpc) is 3.41. The Bertz CT molecular complexity index is 1170. The van der Waals surface area contributed by atoms with E-state index in [0.717, 1.165) is 24.8 Å². The normalized spacial score (nSPS) is 19.0. The topological polar surface area (TPSA) is 75.4 Å². The first-order chi connectivity index (χ1) is 15.1. The summed E-state index contributed by atoms with van der Waals surface area (Å²) in [6.07, 6.45) is 9.60. The van der Waals surface area contributed by atoms with Gasteiger partial charge in [-0.05, 0) is 55.9 Å². The summed E-state index contributed by atoms with van der Waals surface area (Å²) in [6, 6.07) is 3.79. The van der Waals surface area contributed by atoms with Gasteiger partial charge in [0.25, 0.3) is 5.78 Å². The largest absolute Gasteiger partial charge is 0.322 e. The Morgan fingerprint density at radius 2 is 2.16 bits per heavy atom. The zero-order chi connectivity index (χ0) is 21.4. The molecule has 7 nitrogen and oxygen atoms in total. The lowest BCUT2D eigenvalue weighted by Crippen LogP contribution is -2.33. The maximum absolute atomic E-state index is 14.6.